The van der Waals surface area contributed by atoms with E-state index in [4.69, 9.17) is 4.74 Å². The summed E-state index contributed by atoms with van der Waals surface area (Å²) in [6.07, 6.45) is 1.93. The number of rotatable bonds is 2. The average molecular weight is 234 g/mol. The number of hydrogen-bond acceptors (Lipinski definition) is 2. The Morgan fingerprint density at radius 1 is 1.67 bits per heavy atom. The summed E-state index contributed by atoms with van der Waals surface area (Å²) in [5.41, 5.74) is 0.00204. The first kappa shape index (κ1) is 8.51. The molecule has 0 aromatic rings. The molecule has 0 aromatic carbocycles. The first-order valence-electron chi connectivity index (χ1n) is 4.09. The number of nitrogens with one attached hydrogen (secondary N) is 1. The predicted molar refractivity (Wildman–Crippen MR) is 48.3 cm³/mol. The third-order valence-corrected chi connectivity index (χ3v) is 3.68. The molecule has 12 heavy (non-hydrogen) atoms. The Kier molecular flexibility index (Phi) is 1.74. The van der Waals surface area contributed by atoms with Crippen LogP contribution in [0.1, 0.15) is 19.8 Å². The first-order chi connectivity index (χ1) is 5.60. The van der Waals surface area contributed by atoms with Gasteiger partial charge in [0.25, 0.3) is 0 Å². The summed E-state index contributed by atoms with van der Waals surface area (Å²) in [7, 11) is 0. The summed E-state index contributed by atoms with van der Waals surface area (Å²) >= 11 is 3.42. The van der Waals surface area contributed by atoms with Crippen LogP contribution in [-0.2, 0) is 9.53 Å². The van der Waals surface area contributed by atoms with E-state index < -0.39 is 0 Å². The molecule has 1 N–H and O–H groups in total. The van der Waals surface area contributed by atoms with E-state index >= 15 is 0 Å². The molecule has 0 unspecified atom stereocenters. The molecule has 2 bridgehead atoms. The molecule has 3 fully saturated rings. The van der Waals surface area contributed by atoms with Gasteiger partial charge < -0.3 is 10.1 Å². The second-order valence-corrected chi connectivity index (χ2v) is 4.48. The molecule has 3 nitrogen and oxygen atoms in total. The van der Waals surface area contributed by atoms with Gasteiger partial charge in [-0.05, 0) is 0 Å². The van der Waals surface area contributed by atoms with Crippen molar-refractivity contribution in [3.8, 4) is 0 Å². The van der Waals surface area contributed by atoms with E-state index in [1.165, 1.54) is 0 Å². The van der Waals surface area contributed by atoms with Gasteiger partial charge in [-0.2, -0.15) is 0 Å². The minimum atomic E-state index is -0.0282. The summed E-state index contributed by atoms with van der Waals surface area (Å²) in [5, 5.41) is 3.83. The summed E-state index contributed by atoms with van der Waals surface area (Å²) in [6.45, 7) is 2.24. The van der Waals surface area contributed by atoms with Crippen LogP contribution in [0, 0.1) is 0 Å². The van der Waals surface area contributed by atoms with Crippen LogP contribution in [0.4, 0.5) is 0 Å². The fourth-order valence-electron chi connectivity index (χ4n) is 2.31. The van der Waals surface area contributed by atoms with Crippen LogP contribution in [-0.4, -0.2) is 29.0 Å². The minimum Gasteiger partial charge on any atom is -0.372 e. The summed E-state index contributed by atoms with van der Waals surface area (Å²) < 4.78 is 5.61. The second kappa shape index (κ2) is 2.45. The molecule has 0 aromatic heterocycles. The highest BCUT2D eigenvalue weighted by Gasteiger charge is 2.62. The van der Waals surface area contributed by atoms with Crippen molar-refractivity contribution in [2.45, 2.75) is 30.9 Å². The minimum absolute atomic E-state index is 0.0282. The zero-order valence-electron chi connectivity index (χ0n) is 7.02. The van der Waals surface area contributed by atoms with Crippen molar-refractivity contribution >= 4 is 21.8 Å². The fourth-order valence-corrected chi connectivity index (χ4v) is 2.87. The van der Waals surface area contributed by atoms with Crippen molar-refractivity contribution in [3.63, 3.8) is 0 Å². The molecule has 3 rings (SSSR count). The number of fused-ring (bicyclic) bond motifs is 1. The van der Waals surface area contributed by atoms with Crippen LogP contribution >= 0.6 is 15.9 Å². The van der Waals surface area contributed by atoms with E-state index in [0.29, 0.717) is 6.61 Å². The molecule has 1 amide bonds. The molecular weight excluding hydrogens is 222 g/mol. The van der Waals surface area contributed by atoms with Crippen LogP contribution in [0.2, 0.25) is 0 Å². The largest absolute Gasteiger partial charge is 0.372 e. The Hall–Kier alpha value is -0.0900. The number of carbonyl (C=O) groups is 1. The molecule has 2 saturated heterocycles. The molecule has 2 aliphatic heterocycles. The summed E-state index contributed by atoms with van der Waals surface area (Å²) in [5.74, 6) is 0.0451. The third kappa shape index (κ3) is 1.09. The number of alkyl halides is 1. The standard InChI is InChI=1S/C8H12BrNO2/c1-6(11)10-7-2-8(3-7,4-9)12-5-7/h2-5H2,1H3,(H,10,11). The fraction of sp³-hybridized carbons (Fsp3) is 0.875. The quantitative estimate of drug-likeness (QED) is 0.718. The number of hydrogen-bond donors (Lipinski definition) is 1. The van der Waals surface area contributed by atoms with Gasteiger partial charge in [-0.3, -0.25) is 4.79 Å². The monoisotopic (exact) mass is 233 g/mol. The second-order valence-electron chi connectivity index (χ2n) is 3.92. The van der Waals surface area contributed by atoms with Crippen molar-refractivity contribution in [3.05, 3.63) is 0 Å². The molecule has 68 valence electrons. The molecule has 1 aliphatic carbocycles. The van der Waals surface area contributed by atoms with E-state index in [2.05, 4.69) is 21.2 Å². The van der Waals surface area contributed by atoms with Gasteiger partial charge in [-0.15, -0.1) is 0 Å². The van der Waals surface area contributed by atoms with E-state index in [1.54, 1.807) is 6.92 Å². The van der Waals surface area contributed by atoms with Crippen LogP contribution in [0.25, 0.3) is 0 Å². The topological polar surface area (TPSA) is 38.3 Å². The van der Waals surface area contributed by atoms with Gasteiger partial charge in [0.15, 0.2) is 0 Å². The molecule has 3 aliphatic rings. The maximum atomic E-state index is 10.8. The number of carbonyl (C=O) groups excluding carboxylic acids is 1. The van der Waals surface area contributed by atoms with Gasteiger partial charge in [-0.1, -0.05) is 15.9 Å². The lowest BCUT2D eigenvalue weighted by molar-refractivity contribution is -0.121. The smallest absolute Gasteiger partial charge is 0.217 e. The predicted octanol–water partition coefficient (Wildman–Crippen LogP) is 0.819. The van der Waals surface area contributed by atoms with Crippen molar-refractivity contribution in [1.82, 2.24) is 5.32 Å². The lowest BCUT2D eigenvalue weighted by Gasteiger charge is -2.43. The molecule has 0 atom stereocenters. The normalized spacial score (nSPS) is 43.8. The molecular formula is C8H12BrNO2. The van der Waals surface area contributed by atoms with Crippen molar-refractivity contribution in [2.75, 3.05) is 11.9 Å². The maximum absolute atomic E-state index is 10.8. The zero-order valence-corrected chi connectivity index (χ0v) is 8.61. The van der Waals surface area contributed by atoms with E-state index in [1.807, 2.05) is 0 Å². The lowest BCUT2D eigenvalue weighted by atomic mass is 9.69. The highest BCUT2D eigenvalue weighted by Crippen LogP contribution is 2.52. The Morgan fingerprint density at radius 3 is 2.75 bits per heavy atom. The van der Waals surface area contributed by atoms with Gasteiger partial charge in [0.05, 0.1) is 17.7 Å². The van der Waals surface area contributed by atoms with Crippen molar-refractivity contribution in [2.24, 2.45) is 0 Å². The van der Waals surface area contributed by atoms with Crippen LogP contribution < -0.4 is 5.32 Å². The molecule has 1 saturated carbocycles. The molecule has 2 heterocycles. The first-order valence-corrected chi connectivity index (χ1v) is 5.21. The lowest BCUT2D eigenvalue weighted by Crippen LogP contribution is -2.59. The summed E-state index contributed by atoms with van der Waals surface area (Å²) in [4.78, 5) is 10.8. The number of halogens is 1. The Labute approximate surface area is 80.0 Å². The zero-order chi connectivity index (χ0) is 8.82. The van der Waals surface area contributed by atoms with Gasteiger partial charge >= 0.3 is 0 Å². The maximum Gasteiger partial charge on any atom is 0.217 e. The Morgan fingerprint density at radius 2 is 2.33 bits per heavy atom. The Bertz CT molecular complexity index is 223. The van der Waals surface area contributed by atoms with Gasteiger partial charge in [0.2, 0.25) is 5.91 Å². The molecule has 4 heteroatoms. The van der Waals surface area contributed by atoms with Crippen molar-refractivity contribution in [1.29, 1.82) is 0 Å². The van der Waals surface area contributed by atoms with Gasteiger partial charge in [-0.25, -0.2) is 0 Å². The number of amides is 1. The third-order valence-electron chi connectivity index (χ3n) is 2.66. The Balaban J connectivity index is 2.00. The van der Waals surface area contributed by atoms with E-state index in [-0.39, 0.29) is 17.0 Å². The van der Waals surface area contributed by atoms with E-state index in [0.717, 1.165) is 18.2 Å². The van der Waals surface area contributed by atoms with Crippen LogP contribution in [0.5, 0.6) is 0 Å². The van der Waals surface area contributed by atoms with Crippen LogP contribution in [0.15, 0.2) is 0 Å². The van der Waals surface area contributed by atoms with Gasteiger partial charge in [0, 0.05) is 25.1 Å². The molecule has 0 spiro atoms. The highest BCUT2D eigenvalue weighted by molar-refractivity contribution is 9.09. The summed E-state index contributed by atoms with van der Waals surface area (Å²) in [6, 6.07) is 0. The highest BCUT2D eigenvalue weighted by atomic mass is 79.9. The van der Waals surface area contributed by atoms with E-state index in [9.17, 15) is 4.79 Å². The van der Waals surface area contributed by atoms with Crippen molar-refractivity contribution < 1.29 is 9.53 Å². The SMILES string of the molecule is CC(=O)NC12COC(CBr)(C1)C2. The van der Waals surface area contributed by atoms with Crippen LogP contribution in [0.3, 0.4) is 0 Å². The van der Waals surface area contributed by atoms with Gasteiger partial charge in [0.1, 0.15) is 0 Å². The number of ether oxygens (including phenoxy) is 1. The molecule has 0 radical (unpaired) electrons. The average Bonchev–Trinajstić information content (AvgIpc) is 2.40.